The molecule has 4 nitrogen and oxygen atoms in total. The highest BCUT2D eigenvalue weighted by molar-refractivity contribution is 5.85. The average molecular weight is 129 g/mol. The molecule has 6 heavy (non-hydrogen) atoms. The maximum atomic E-state index is 8.36. The van der Waals surface area contributed by atoms with Crippen LogP contribution in [0.2, 0.25) is 0 Å². The first kappa shape index (κ1) is 16.6. The molecule has 0 unspecified atom stereocenters. The third kappa shape index (κ3) is 72800. The highest BCUT2D eigenvalue weighted by Crippen LogP contribution is 1.38. The lowest BCUT2D eigenvalue weighted by Gasteiger charge is -1.56. The van der Waals surface area contributed by atoms with Crippen LogP contribution < -0.4 is 0 Å². The molecule has 0 heterocycles. The number of nitrogens with zero attached hydrogens (tertiary/aromatic N) is 1. The normalized spacial score (nSPS) is 4.00. The average Bonchev–Trinajstić information content (AvgIpc) is 0.811. The molecule has 0 aromatic carbocycles. The van der Waals surface area contributed by atoms with Crippen molar-refractivity contribution in [1.29, 1.82) is 0 Å². The molecule has 0 rings (SSSR count). The quantitative estimate of drug-likeness (QED) is 0.256. The fourth-order valence-electron chi connectivity index (χ4n) is 0. The first-order chi connectivity index (χ1) is 1.73. The van der Waals surface area contributed by atoms with Gasteiger partial charge >= 0.3 is 0 Å². The van der Waals surface area contributed by atoms with Gasteiger partial charge < -0.3 is 5.21 Å². The Balaban J connectivity index is -0.0000000450. The Morgan fingerprint density at radius 3 is 1.67 bits per heavy atom. The number of halogens is 1. The molecule has 0 aliphatic heterocycles. The van der Waals surface area contributed by atoms with Gasteiger partial charge in [-0.15, -0.1) is 22.5 Å². The molecule has 0 aliphatic rings. The van der Waals surface area contributed by atoms with Crippen LogP contribution in [0.5, 0.6) is 0 Å². The maximum absolute atomic E-state index is 8.36. The summed E-state index contributed by atoms with van der Waals surface area (Å²) in [7, 11) is 0. The lowest BCUT2D eigenvalue weighted by Crippen LogP contribution is -1.81. The summed E-state index contributed by atoms with van der Waals surface area (Å²) in [6, 6.07) is 0. The second kappa shape index (κ2) is 8.90. The SMILES string of the molecule is Cl.O=[N+]([O-])O.[AlH3]. The van der Waals surface area contributed by atoms with Gasteiger partial charge in [0.1, 0.15) is 0 Å². The fourth-order valence-corrected chi connectivity index (χ4v) is 0. The van der Waals surface area contributed by atoms with E-state index in [9.17, 15) is 0 Å². The highest BCUT2D eigenvalue weighted by atomic mass is 35.5. The largest absolute Gasteiger partial charge is 0.328 e. The van der Waals surface area contributed by atoms with E-state index < -0.39 is 5.09 Å². The van der Waals surface area contributed by atoms with Crippen molar-refractivity contribution < 1.29 is 10.3 Å². The van der Waals surface area contributed by atoms with Crippen molar-refractivity contribution >= 4 is 29.8 Å². The zero-order valence-corrected chi connectivity index (χ0v) is 2.94. The van der Waals surface area contributed by atoms with Crippen LogP contribution in [0.15, 0.2) is 0 Å². The van der Waals surface area contributed by atoms with Crippen molar-refractivity contribution in [3.05, 3.63) is 10.1 Å². The molecule has 0 saturated carbocycles. The van der Waals surface area contributed by atoms with Gasteiger partial charge in [-0.05, 0) is 0 Å². The van der Waals surface area contributed by atoms with Gasteiger partial charge in [-0.25, -0.2) is 0 Å². The fraction of sp³-hybridized carbons (Fsp3) is 0. The van der Waals surface area contributed by atoms with Gasteiger partial charge in [0, 0.05) is 0 Å². The van der Waals surface area contributed by atoms with Crippen molar-refractivity contribution in [1.82, 2.24) is 0 Å². The van der Waals surface area contributed by atoms with Gasteiger partial charge in [0.2, 0.25) is 0 Å². The lowest BCUT2D eigenvalue weighted by atomic mass is 13.1. The Kier molecular flexibility index (Phi) is 24.7. The summed E-state index contributed by atoms with van der Waals surface area (Å²) in [6.45, 7) is 0. The van der Waals surface area contributed by atoms with Crippen LogP contribution >= 0.6 is 12.4 Å². The monoisotopic (exact) mass is 129 g/mol. The minimum atomic E-state index is -1.50. The van der Waals surface area contributed by atoms with E-state index >= 15 is 0 Å². The summed E-state index contributed by atoms with van der Waals surface area (Å²) in [5.74, 6) is 0. The van der Waals surface area contributed by atoms with Gasteiger partial charge in [0.25, 0.3) is 5.09 Å². The van der Waals surface area contributed by atoms with Gasteiger partial charge in [-0.1, -0.05) is 0 Å². The molecule has 0 amide bonds. The van der Waals surface area contributed by atoms with Crippen LogP contribution in [-0.4, -0.2) is 27.7 Å². The van der Waals surface area contributed by atoms with Crippen molar-refractivity contribution in [2.45, 2.75) is 0 Å². The molecule has 0 aliphatic carbocycles. The van der Waals surface area contributed by atoms with Crippen molar-refractivity contribution in [2.75, 3.05) is 0 Å². The Morgan fingerprint density at radius 2 is 1.67 bits per heavy atom. The first-order valence-electron chi connectivity index (χ1n) is 0.565. The Bertz CT molecular complexity index is 33.8. The van der Waals surface area contributed by atoms with Crippen molar-refractivity contribution in [3.8, 4) is 0 Å². The number of hydrogen-bond acceptors (Lipinski definition) is 2. The molecule has 0 saturated heterocycles. The third-order valence-electron chi connectivity index (χ3n) is 0. The molecule has 0 aromatic rings. The van der Waals surface area contributed by atoms with Gasteiger partial charge in [0.15, 0.2) is 17.4 Å². The zero-order valence-electron chi connectivity index (χ0n) is 2.12. The van der Waals surface area contributed by atoms with E-state index in [-0.39, 0.29) is 29.8 Å². The van der Waals surface area contributed by atoms with E-state index in [0.717, 1.165) is 0 Å². The molecule has 0 radical (unpaired) electrons. The predicted octanol–water partition coefficient (Wildman–Crippen LogP) is -1.11. The van der Waals surface area contributed by atoms with Crippen LogP contribution in [0.4, 0.5) is 0 Å². The zero-order chi connectivity index (χ0) is 3.58. The van der Waals surface area contributed by atoms with Crippen LogP contribution in [0.25, 0.3) is 0 Å². The Morgan fingerprint density at radius 1 is 1.67 bits per heavy atom. The Hall–Kier alpha value is 0.0225. The van der Waals surface area contributed by atoms with E-state index in [1.807, 2.05) is 0 Å². The van der Waals surface area contributed by atoms with Crippen LogP contribution in [-0.2, 0) is 0 Å². The molecule has 0 atom stereocenters. The van der Waals surface area contributed by atoms with E-state index in [1.165, 1.54) is 0 Å². The molecular weight excluding hydrogens is 124 g/mol. The Labute approximate surface area is 50.8 Å². The van der Waals surface area contributed by atoms with Crippen molar-refractivity contribution in [3.63, 3.8) is 0 Å². The summed E-state index contributed by atoms with van der Waals surface area (Å²) in [5, 5.41) is 13.6. The third-order valence-corrected chi connectivity index (χ3v) is 0. The standard InChI is InChI=1S/Al.ClH.HNO3.3H/c;;2-1(3)4;;;/h;1H;(H,2,3,4);;;. The van der Waals surface area contributed by atoms with E-state index in [0.29, 0.717) is 0 Å². The molecule has 1 N–H and O–H groups in total. The van der Waals surface area contributed by atoms with Gasteiger partial charge in [0.05, 0.1) is 0 Å². The van der Waals surface area contributed by atoms with Gasteiger partial charge in [-0.3, -0.25) is 0 Å². The second-order valence-corrected chi connectivity index (χ2v) is 0.238. The predicted molar refractivity (Wildman–Crippen MR) is 26.0 cm³/mol. The minimum absolute atomic E-state index is 0. The summed E-state index contributed by atoms with van der Waals surface area (Å²) in [4.78, 5) is 8.36. The smallest absolute Gasteiger partial charge is 0.291 e. The number of rotatable bonds is 0. The van der Waals surface area contributed by atoms with Crippen LogP contribution in [0.1, 0.15) is 0 Å². The summed E-state index contributed by atoms with van der Waals surface area (Å²) < 4.78 is 0. The molecular formula is H5AlClNO3. The van der Waals surface area contributed by atoms with Crippen LogP contribution in [0, 0.1) is 10.1 Å². The highest BCUT2D eigenvalue weighted by Gasteiger charge is 1.65. The summed E-state index contributed by atoms with van der Waals surface area (Å²) in [6.07, 6.45) is 0. The van der Waals surface area contributed by atoms with E-state index in [2.05, 4.69) is 0 Å². The number of hydrogen-bond donors (Lipinski definition) is 1. The van der Waals surface area contributed by atoms with Crippen molar-refractivity contribution in [2.24, 2.45) is 0 Å². The summed E-state index contributed by atoms with van der Waals surface area (Å²) >= 11 is 0. The first-order valence-corrected chi connectivity index (χ1v) is 0.565. The van der Waals surface area contributed by atoms with E-state index in [4.69, 9.17) is 15.3 Å². The second-order valence-electron chi connectivity index (χ2n) is 0.238. The molecule has 38 valence electrons. The topological polar surface area (TPSA) is 63.4 Å². The molecule has 0 bridgehead atoms. The molecule has 6 heteroatoms. The maximum Gasteiger partial charge on any atom is 0.291 e. The lowest BCUT2D eigenvalue weighted by molar-refractivity contribution is -0.742. The summed E-state index contributed by atoms with van der Waals surface area (Å²) in [5.41, 5.74) is 0. The van der Waals surface area contributed by atoms with E-state index in [1.54, 1.807) is 0 Å². The molecule has 0 fully saturated rings. The molecule has 0 spiro atoms. The van der Waals surface area contributed by atoms with Crippen LogP contribution in [0.3, 0.4) is 0 Å². The van der Waals surface area contributed by atoms with Gasteiger partial charge in [-0.2, -0.15) is 0 Å². The minimum Gasteiger partial charge on any atom is -0.328 e. The molecule has 0 aromatic heterocycles.